The molecule has 0 aromatic carbocycles. The van der Waals surface area contributed by atoms with Crippen LogP contribution in [-0.2, 0) is 5.60 Å². The minimum Gasteiger partial charge on any atom is -0.375 e. The van der Waals surface area contributed by atoms with Crippen LogP contribution in [0.15, 0.2) is 9.52 Å². The first-order valence-corrected chi connectivity index (χ1v) is 5.50. The topological polar surface area (TPSA) is 96.7 Å². The molecule has 2 rings (SSSR count). The summed E-state index contributed by atoms with van der Waals surface area (Å²) in [7, 11) is 0. The second-order valence-corrected chi connectivity index (χ2v) is 4.58. The van der Waals surface area contributed by atoms with Crippen molar-refractivity contribution in [2.24, 2.45) is 10.8 Å². The number of aliphatic imine (C=N–C) groups is 1. The first-order chi connectivity index (χ1) is 8.70. The third-order valence-corrected chi connectivity index (χ3v) is 3.11. The summed E-state index contributed by atoms with van der Waals surface area (Å²) in [6.07, 6.45) is -4.86. The number of nitrogens with two attached hydrogens (primary N) is 1. The second kappa shape index (κ2) is 4.20. The largest absolute Gasteiger partial charge is 0.422 e. The van der Waals surface area contributed by atoms with Crippen LogP contribution in [0.1, 0.15) is 36.8 Å². The quantitative estimate of drug-likeness (QED) is 0.521. The number of halogens is 3. The van der Waals surface area contributed by atoms with Gasteiger partial charge in [-0.15, -0.1) is 0 Å². The fourth-order valence-electron chi connectivity index (χ4n) is 1.91. The molecule has 1 aliphatic rings. The van der Waals surface area contributed by atoms with E-state index in [4.69, 9.17) is 10.4 Å². The molecule has 2 atom stereocenters. The van der Waals surface area contributed by atoms with E-state index in [-0.39, 0.29) is 29.6 Å². The summed E-state index contributed by atoms with van der Waals surface area (Å²) in [5.74, 6) is 5.00. The second-order valence-electron chi connectivity index (χ2n) is 4.58. The monoisotopic (exact) mass is 278 g/mol. The van der Waals surface area contributed by atoms with Gasteiger partial charge >= 0.3 is 6.18 Å². The Balaban J connectivity index is 2.58. The summed E-state index contributed by atoms with van der Waals surface area (Å²) >= 11 is 0. The SMILES string of the molecule is C[C@H]1CN=C(NN)c2onc([C@@](C)(O)C(F)(F)F)c21. The van der Waals surface area contributed by atoms with E-state index in [2.05, 4.69) is 15.6 Å². The molecule has 0 saturated heterocycles. The lowest BCUT2D eigenvalue weighted by molar-refractivity contribution is -0.261. The Morgan fingerprint density at radius 2 is 2.11 bits per heavy atom. The van der Waals surface area contributed by atoms with Gasteiger partial charge in [0.25, 0.3) is 0 Å². The summed E-state index contributed by atoms with van der Waals surface area (Å²) in [5.41, 5.74) is -1.23. The highest BCUT2D eigenvalue weighted by Gasteiger charge is 2.55. The maximum absolute atomic E-state index is 12.9. The highest BCUT2D eigenvalue weighted by molar-refractivity contribution is 5.98. The zero-order chi connectivity index (χ0) is 14.4. The predicted molar refractivity (Wildman–Crippen MR) is 59.3 cm³/mol. The number of nitrogens with zero attached hydrogens (tertiary/aromatic N) is 2. The van der Waals surface area contributed by atoms with E-state index >= 15 is 0 Å². The summed E-state index contributed by atoms with van der Waals surface area (Å²) < 4.78 is 43.5. The van der Waals surface area contributed by atoms with Gasteiger partial charge in [0.2, 0.25) is 11.4 Å². The van der Waals surface area contributed by atoms with Crippen LogP contribution in [0.5, 0.6) is 0 Å². The molecule has 0 spiro atoms. The van der Waals surface area contributed by atoms with Gasteiger partial charge in [0.05, 0.1) is 0 Å². The van der Waals surface area contributed by atoms with Gasteiger partial charge in [-0.1, -0.05) is 12.1 Å². The molecule has 0 bridgehead atoms. The van der Waals surface area contributed by atoms with Crippen LogP contribution in [0, 0.1) is 0 Å². The first kappa shape index (κ1) is 13.8. The molecule has 19 heavy (non-hydrogen) atoms. The smallest absolute Gasteiger partial charge is 0.375 e. The van der Waals surface area contributed by atoms with Crippen molar-refractivity contribution in [3.8, 4) is 0 Å². The molecule has 0 unspecified atom stereocenters. The summed E-state index contributed by atoms with van der Waals surface area (Å²) in [6, 6.07) is 0. The molecule has 2 heterocycles. The van der Waals surface area contributed by atoms with E-state index in [1.807, 2.05) is 0 Å². The van der Waals surface area contributed by atoms with Crippen molar-refractivity contribution in [1.29, 1.82) is 0 Å². The van der Waals surface area contributed by atoms with Gasteiger partial charge in [-0.05, 0) is 6.92 Å². The third-order valence-electron chi connectivity index (χ3n) is 3.11. The van der Waals surface area contributed by atoms with Gasteiger partial charge in [-0.2, -0.15) is 13.2 Å². The Kier molecular flexibility index (Phi) is 3.06. The van der Waals surface area contributed by atoms with Crippen molar-refractivity contribution in [1.82, 2.24) is 10.6 Å². The lowest BCUT2D eigenvalue weighted by Crippen LogP contribution is -2.41. The molecule has 9 heteroatoms. The van der Waals surface area contributed by atoms with Crippen molar-refractivity contribution < 1.29 is 22.8 Å². The number of hydrogen-bond acceptors (Lipinski definition) is 6. The predicted octanol–water partition coefficient (Wildman–Crippen LogP) is 0.771. The number of nitrogens with one attached hydrogen (secondary N) is 1. The lowest BCUT2D eigenvalue weighted by Gasteiger charge is -2.26. The minimum absolute atomic E-state index is 0.0285. The molecule has 1 aliphatic heterocycles. The van der Waals surface area contributed by atoms with Crippen molar-refractivity contribution in [2.45, 2.75) is 31.5 Å². The molecule has 1 aromatic heterocycles. The molecule has 0 aliphatic carbocycles. The zero-order valence-corrected chi connectivity index (χ0v) is 10.2. The van der Waals surface area contributed by atoms with Gasteiger partial charge < -0.3 is 15.1 Å². The van der Waals surface area contributed by atoms with Crippen LogP contribution < -0.4 is 11.3 Å². The van der Waals surface area contributed by atoms with Gasteiger partial charge in [0, 0.05) is 18.0 Å². The Hall–Kier alpha value is -1.61. The van der Waals surface area contributed by atoms with E-state index in [1.165, 1.54) is 0 Å². The molecule has 0 fully saturated rings. The van der Waals surface area contributed by atoms with Gasteiger partial charge in [0.15, 0.2) is 5.84 Å². The fourth-order valence-corrected chi connectivity index (χ4v) is 1.91. The van der Waals surface area contributed by atoms with Crippen molar-refractivity contribution in [2.75, 3.05) is 6.54 Å². The summed E-state index contributed by atoms with van der Waals surface area (Å²) in [6.45, 7) is 2.54. The van der Waals surface area contributed by atoms with Crippen LogP contribution in [0.4, 0.5) is 13.2 Å². The van der Waals surface area contributed by atoms with Crippen LogP contribution >= 0.6 is 0 Å². The number of alkyl halides is 3. The van der Waals surface area contributed by atoms with E-state index in [0.29, 0.717) is 6.92 Å². The number of amidine groups is 1. The van der Waals surface area contributed by atoms with Gasteiger partial charge in [0.1, 0.15) is 5.69 Å². The fraction of sp³-hybridized carbons (Fsp3) is 0.600. The molecular formula is C10H13F3N4O2. The number of aliphatic hydroxyl groups is 1. The van der Waals surface area contributed by atoms with Crippen molar-refractivity contribution >= 4 is 5.84 Å². The Morgan fingerprint density at radius 1 is 1.47 bits per heavy atom. The molecule has 4 N–H and O–H groups in total. The standard InChI is InChI=1S/C10H13F3N4O2/c1-4-3-15-8(16-14)6-5(4)7(17-19-6)9(2,18)10(11,12)13/h4,18H,3,14H2,1-2H3,(H,15,16)/t4-,9+/m0/s1. The van der Waals surface area contributed by atoms with Crippen LogP contribution in [-0.4, -0.2) is 28.8 Å². The molecular weight excluding hydrogens is 265 g/mol. The van der Waals surface area contributed by atoms with Gasteiger partial charge in [-0.25, -0.2) is 5.84 Å². The third kappa shape index (κ3) is 1.98. The van der Waals surface area contributed by atoms with Crippen LogP contribution in [0.3, 0.4) is 0 Å². The minimum atomic E-state index is -4.86. The number of aromatic nitrogens is 1. The average Bonchev–Trinajstić information content (AvgIpc) is 2.74. The first-order valence-electron chi connectivity index (χ1n) is 5.50. The van der Waals surface area contributed by atoms with E-state index in [9.17, 15) is 18.3 Å². The highest BCUT2D eigenvalue weighted by atomic mass is 19.4. The van der Waals surface area contributed by atoms with E-state index in [1.54, 1.807) is 6.92 Å². The number of hydrazine groups is 1. The zero-order valence-electron chi connectivity index (χ0n) is 10.2. The normalized spacial score (nSPS) is 22.5. The van der Waals surface area contributed by atoms with E-state index < -0.39 is 17.5 Å². The average molecular weight is 278 g/mol. The number of hydrogen-bond donors (Lipinski definition) is 3. The Morgan fingerprint density at radius 3 is 2.63 bits per heavy atom. The van der Waals surface area contributed by atoms with Gasteiger partial charge in [-0.3, -0.25) is 4.99 Å². The highest BCUT2D eigenvalue weighted by Crippen LogP contribution is 2.42. The molecule has 6 nitrogen and oxygen atoms in total. The Bertz CT molecular complexity index is 521. The number of fused-ring (bicyclic) bond motifs is 1. The summed E-state index contributed by atoms with van der Waals surface area (Å²) in [5, 5.41) is 13.1. The van der Waals surface area contributed by atoms with E-state index in [0.717, 1.165) is 0 Å². The summed E-state index contributed by atoms with van der Waals surface area (Å²) in [4.78, 5) is 4.01. The molecule has 106 valence electrons. The maximum Gasteiger partial charge on any atom is 0.422 e. The number of rotatable bonds is 1. The van der Waals surface area contributed by atoms with Crippen LogP contribution in [0.25, 0.3) is 0 Å². The lowest BCUT2D eigenvalue weighted by atomic mass is 9.88. The molecule has 0 amide bonds. The van der Waals surface area contributed by atoms with Crippen LogP contribution in [0.2, 0.25) is 0 Å². The van der Waals surface area contributed by atoms with Crippen molar-refractivity contribution in [3.63, 3.8) is 0 Å². The van der Waals surface area contributed by atoms with Crippen molar-refractivity contribution in [3.05, 3.63) is 17.0 Å². The molecule has 0 radical (unpaired) electrons. The molecule has 1 aromatic rings. The molecule has 0 saturated carbocycles. The maximum atomic E-state index is 12.9. The Labute approximate surface area is 106 Å².